The van der Waals surface area contributed by atoms with Crippen molar-refractivity contribution in [1.82, 2.24) is 0 Å². The molecule has 0 heterocycles. The molecule has 26 heavy (non-hydrogen) atoms. The summed E-state index contributed by atoms with van der Waals surface area (Å²) < 4.78 is 0. The van der Waals surface area contributed by atoms with E-state index < -0.39 is 0 Å². The Hall–Kier alpha value is -2.34. The summed E-state index contributed by atoms with van der Waals surface area (Å²) in [4.78, 5) is 0. The van der Waals surface area contributed by atoms with Crippen LogP contribution in [0.5, 0.6) is 0 Å². The summed E-state index contributed by atoms with van der Waals surface area (Å²) in [6.45, 7) is 24.2. The van der Waals surface area contributed by atoms with Crippen LogP contribution in [0.4, 0.5) is 0 Å². The molecule has 0 saturated heterocycles. The Kier molecular flexibility index (Phi) is 13.8. The van der Waals surface area contributed by atoms with Gasteiger partial charge >= 0.3 is 0 Å². The highest BCUT2D eigenvalue weighted by molar-refractivity contribution is 5.90. The number of hydrogen-bond donors (Lipinski definition) is 0. The lowest BCUT2D eigenvalue weighted by atomic mass is 9.86. The van der Waals surface area contributed by atoms with E-state index >= 15 is 0 Å². The maximum Gasteiger partial charge on any atom is -0.00752 e. The average molecular weight is 351 g/mol. The van der Waals surface area contributed by atoms with Gasteiger partial charge in [0.2, 0.25) is 0 Å². The fourth-order valence-electron chi connectivity index (χ4n) is 2.80. The van der Waals surface area contributed by atoms with Gasteiger partial charge in [-0.05, 0) is 46.2 Å². The zero-order valence-electron chi connectivity index (χ0n) is 16.9. The molecule has 1 aromatic carbocycles. The van der Waals surface area contributed by atoms with E-state index in [1.807, 2.05) is 52.8 Å². The quantitative estimate of drug-likeness (QED) is 0.508. The average Bonchev–Trinajstić information content (AvgIpc) is 2.86. The molecule has 0 aromatic heterocycles. The summed E-state index contributed by atoms with van der Waals surface area (Å²) in [5.41, 5.74) is 6.96. The first-order chi connectivity index (χ1) is 12.2. The summed E-state index contributed by atoms with van der Waals surface area (Å²) in [7, 11) is 0. The minimum absolute atomic E-state index is 0. The zero-order valence-corrected chi connectivity index (χ0v) is 16.9. The molecule has 0 N–H and O–H groups in total. The lowest BCUT2D eigenvalue weighted by Gasteiger charge is -2.18. The van der Waals surface area contributed by atoms with Crippen LogP contribution < -0.4 is 0 Å². The Morgan fingerprint density at radius 3 is 1.50 bits per heavy atom. The molecular weight excluding hydrogens is 312 g/mol. The molecule has 0 bridgehead atoms. The predicted molar refractivity (Wildman–Crippen MR) is 128 cm³/mol. The first kappa shape index (κ1) is 25.9. The lowest BCUT2D eigenvalue weighted by molar-refractivity contribution is 0.954. The molecule has 0 amide bonds. The summed E-state index contributed by atoms with van der Waals surface area (Å²) in [5.74, 6) is 0.424. The lowest BCUT2D eigenvalue weighted by Crippen LogP contribution is -1.99. The largest absolute Gasteiger partial charge is 0.0984 e. The fraction of sp³-hybridized carbons (Fsp3) is 0.308. The number of hydrogen-bond acceptors (Lipinski definition) is 0. The highest BCUT2D eigenvalue weighted by Crippen LogP contribution is 2.35. The molecule has 0 saturated carbocycles. The molecule has 0 heteroatoms. The molecule has 1 atom stereocenters. The molecule has 0 radical (unpaired) electrons. The molecule has 0 spiro atoms. The third-order valence-electron chi connectivity index (χ3n) is 3.82. The van der Waals surface area contributed by atoms with E-state index in [9.17, 15) is 0 Å². The first-order valence-corrected chi connectivity index (χ1v) is 9.28. The van der Waals surface area contributed by atoms with E-state index in [4.69, 9.17) is 0 Å². The van der Waals surface area contributed by atoms with Crippen LogP contribution in [0.25, 0.3) is 36.5 Å². The maximum absolute atomic E-state index is 3.99. The van der Waals surface area contributed by atoms with Crippen molar-refractivity contribution < 1.29 is 0 Å². The van der Waals surface area contributed by atoms with Crippen molar-refractivity contribution in [2.45, 2.75) is 49.0 Å². The Bertz CT molecular complexity index is 679. The first-order valence-electron chi connectivity index (χ1n) is 9.28. The second-order valence-corrected chi connectivity index (χ2v) is 5.17. The van der Waals surface area contributed by atoms with Crippen LogP contribution in [0, 0.1) is 5.92 Å². The van der Waals surface area contributed by atoms with Crippen LogP contribution in [0.1, 0.15) is 82.3 Å². The number of fused-ring (bicyclic) bond motifs is 1. The van der Waals surface area contributed by atoms with Gasteiger partial charge in [-0.15, -0.1) is 0 Å². The SMILES string of the molecule is C.C=Cc1c(C=C)c(C=C)c(/C=C\C)c2c1C=CC(C)C=C2.CC.CC. The van der Waals surface area contributed by atoms with Gasteiger partial charge in [-0.3, -0.25) is 0 Å². The molecule has 0 aliphatic heterocycles. The summed E-state index contributed by atoms with van der Waals surface area (Å²) in [6.07, 6.45) is 18.8. The van der Waals surface area contributed by atoms with Crippen molar-refractivity contribution in [3.8, 4) is 0 Å². The molecule has 1 aromatic rings. The van der Waals surface area contributed by atoms with Crippen LogP contribution in [0.2, 0.25) is 0 Å². The van der Waals surface area contributed by atoms with Gasteiger partial charge in [-0.25, -0.2) is 0 Å². The monoisotopic (exact) mass is 350 g/mol. The van der Waals surface area contributed by atoms with Gasteiger partial charge in [0, 0.05) is 0 Å². The van der Waals surface area contributed by atoms with Gasteiger partial charge in [0.25, 0.3) is 0 Å². The second-order valence-electron chi connectivity index (χ2n) is 5.17. The van der Waals surface area contributed by atoms with Crippen molar-refractivity contribution in [2.75, 3.05) is 0 Å². The van der Waals surface area contributed by atoms with Crippen molar-refractivity contribution in [3.05, 3.63) is 71.3 Å². The summed E-state index contributed by atoms with van der Waals surface area (Å²) >= 11 is 0. The van der Waals surface area contributed by atoms with Crippen molar-refractivity contribution in [1.29, 1.82) is 0 Å². The van der Waals surface area contributed by atoms with Gasteiger partial charge in [-0.2, -0.15) is 0 Å². The van der Waals surface area contributed by atoms with E-state index in [1.165, 1.54) is 16.7 Å². The van der Waals surface area contributed by atoms with Crippen molar-refractivity contribution in [3.63, 3.8) is 0 Å². The molecule has 1 aliphatic rings. The molecule has 1 unspecified atom stereocenters. The predicted octanol–water partition coefficient (Wildman–Crippen LogP) is 9.01. The van der Waals surface area contributed by atoms with E-state index in [1.54, 1.807) is 0 Å². The summed E-state index contributed by atoms with van der Waals surface area (Å²) in [6, 6.07) is 0. The van der Waals surface area contributed by atoms with Crippen LogP contribution in [-0.2, 0) is 0 Å². The second kappa shape index (κ2) is 13.9. The molecule has 2 rings (SSSR count). The molecule has 0 fully saturated rings. The Morgan fingerprint density at radius 1 is 0.731 bits per heavy atom. The van der Waals surface area contributed by atoms with Crippen LogP contribution in [0.15, 0.2) is 38.0 Å². The van der Waals surface area contributed by atoms with E-state index in [0.717, 1.165) is 16.7 Å². The standard InChI is InChI=1S/C21H22.2C2H6.CH4/c1-6-10-19-17(8-3)16(7-2)18(9-4)20-13-11-15(5)12-14-21(19)20;2*1-2;/h6-15H,2-4H2,1,5H3;2*1-2H3;1H4/b10-6-;;;. The minimum atomic E-state index is 0. The van der Waals surface area contributed by atoms with Gasteiger partial charge in [0.05, 0.1) is 0 Å². The molecule has 0 nitrogen and oxygen atoms in total. The molecular formula is C26H38. The highest BCUT2D eigenvalue weighted by Gasteiger charge is 2.17. The highest BCUT2D eigenvalue weighted by atomic mass is 14.2. The zero-order chi connectivity index (χ0) is 19.4. The summed E-state index contributed by atoms with van der Waals surface area (Å²) in [5, 5.41) is 0. The van der Waals surface area contributed by atoms with Crippen LogP contribution in [0.3, 0.4) is 0 Å². The van der Waals surface area contributed by atoms with Crippen molar-refractivity contribution >= 4 is 36.5 Å². The number of rotatable bonds is 4. The minimum Gasteiger partial charge on any atom is -0.0984 e. The Morgan fingerprint density at radius 2 is 1.12 bits per heavy atom. The fourth-order valence-corrected chi connectivity index (χ4v) is 2.80. The van der Waals surface area contributed by atoms with Gasteiger partial charge < -0.3 is 0 Å². The van der Waals surface area contributed by atoms with Crippen molar-refractivity contribution in [2.24, 2.45) is 5.92 Å². The van der Waals surface area contributed by atoms with Crippen LogP contribution >= 0.6 is 0 Å². The Balaban J connectivity index is 0. The number of benzene rings is 1. The van der Waals surface area contributed by atoms with Gasteiger partial charge in [0.15, 0.2) is 0 Å². The topological polar surface area (TPSA) is 0 Å². The third kappa shape index (κ3) is 5.59. The normalized spacial score (nSPS) is 13.8. The molecule has 142 valence electrons. The smallest absolute Gasteiger partial charge is 0.00752 e. The number of allylic oxidation sites excluding steroid dienone is 3. The van der Waals surface area contributed by atoms with Gasteiger partial charge in [0.1, 0.15) is 0 Å². The van der Waals surface area contributed by atoms with E-state index in [2.05, 4.69) is 63.1 Å². The van der Waals surface area contributed by atoms with E-state index in [0.29, 0.717) is 5.92 Å². The van der Waals surface area contributed by atoms with Gasteiger partial charge in [-0.1, -0.05) is 116 Å². The van der Waals surface area contributed by atoms with Crippen LogP contribution in [-0.4, -0.2) is 0 Å². The van der Waals surface area contributed by atoms with E-state index in [-0.39, 0.29) is 7.43 Å². The third-order valence-corrected chi connectivity index (χ3v) is 3.82. The molecule has 1 aliphatic carbocycles. The Labute approximate surface area is 163 Å². The maximum atomic E-state index is 3.99.